The van der Waals surface area contributed by atoms with Crippen molar-refractivity contribution in [2.24, 2.45) is 5.92 Å². The second-order valence-corrected chi connectivity index (χ2v) is 4.97. The maximum Gasteiger partial charge on any atom is 0.339 e. The normalized spacial score (nSPS) is 15.6. The lowest BCUT2D eigenvalue weighted by atomic mass is 9.86. The summed E-state index contributed by atoms with van der Waals surface area (Å²) in [6.45, 7) is 0.627. The van der Waals surface area contributed by atoms with Crippen LogP contribution in [0.5, 0.6) is 5.75 Å². The molecule has 16 heavy (non-hydrogen) atoms. The van der Waals surface area contributed by atoms with E-state index in [1.54, 1.807) is 18.2 Å². The molecule has 0 bridgehead atoms. The van der Waals surface area contributed by atoms with E-state index in [1.807, 2.05) is 0 Å². The van der Waals surface area contributed by atoms with Gasteiger partial charge in [0.05, 0.1) is 6.61 Å². The Bertz CT molecular complexity index is 399. The smallest absolute Gasteiger partial charge is 0.339 e. The van der Waals surface area contributed by atoms with Crippen LogP contribution >= 0.6 is 15.9 Å². The van der Waals surface area contributed by atoms with Crippen LogP contribution in [-0.4, -0.2) is 17.7 Å². The number of carboxylic acid groups (broad SMARTS) is 1. The number of halogens is 1. The molecule has 0 aromatic heterocycles. The Labute approximate surface area is 103 Å². The molecule has 0 spiro atoms. The number of aromatic carboxylic acids is 1. The van der Waals surface area contributed by atoms with Gasteiger partial charge in [-0.25, -0.2) is 4.79 Å². The Balaban J connectivity index is 2.08. The highest BCUT2D eigenvalue weighted by Crippen LogP contribution is 2.29. The SMILES string of the molecule is O=C(O)c1cc(Br)ccc1OCC1CCC1. The quantitative estimate of drug-likeness (QED) is 0.923. The van der Waals surface area contributed by atoms with Gasteiger partial charge in [-0.05, 0) is 37.0 Å². The van der Waals surface area contributed by atoms with Gasteiger partial charge in [0.2, 0.25) is 0 Å². The Kier molecular flexibility index (Phi) is 3.49. The molecule has 1 saturated carbocycles. The molecule has 3 nitrogen and oxygen atoms in total. The molecule has 86 valence electrons. The van der Waals surface area contributed by atoms with Crippen molar-refractivity contribution in [3.8, 4) is 5.75 Å². The molecule has 1 fully saturated rings. The minimum atomic E-state index is -0.954. The summed E-state index contributed by atoms with van der Waals surface area (Å²) in [7, 11) is 0. The standard InChI is InChI=1S/C12H13BrO3/c13-9-4-5-11(10(6-9)12(14)15)16-7-8-2-1-3-8/h4-6,8H,1-3,7H2,(H,14,15). The van der Waals surface area contributed by atoms with E-state index in [9.17, 15) is 4.79 Å². The van der Waals surface area contributed by atoms with Crippen LogP contribution in [0.4, 0.5) is 0 Å². The predicted octanol–water partition coefficient (Wildman–Crippen LogP) is 3.33. The average Bonchev–Trinajstić information content (AvgIpc) is 2.17. The van der Waals surface area contributed by atoms with Gasteiger partial charge in [-0.3, -0.25) is 0 Å². The fourth-order valence-electron chi connectivity index (χ4n) is 1.66. The minimum Gasteiger partial charge on any atom is -0.492 e. The minimum absolute atomic E-state index is 0.216. The Hall–Kier alpha value is -1.03. The first kappa shape index (κ1) is 11.5. The third-order valence-corrected chi connectivity index (χ3v) is 3.36. The summed E-state index contributed by atoms with van der Waals surface area (Å²) in [6, 6.07) is 5.06. The van der Waals surface area contributed by atoms with Crippen molar-refractivity contribution in [2.75, 3.05) is 6.61 Å². The Morgan fingerprint density at radius 1 is 1.50 bits per heavy atom. The first-order valence-electron chi connectivity index (χ1n) is 5.32. The molecular weight excluding hydrogens is 272 g/mol. The van der Waals surface area contributed by atoms with Gasteiger partial charge in [-0.15, -0.1) is 0 Å². The monoisotopic (exact) mass is 284 g/mol. The molecule has 1 N–H and O–H groups in total. The van der Waals surface area contributed by atoms with E-state index in [4.69, 9.17) is 9.84 Å². The van der Waals surface area contributed by atoms with Crippen molar-refractivity contribution in [1.82, 2.24) is 0 Å². The van der Waals surface area contributed by atoms with Crippen LogP contribution in [0.2, 0.25) is 0 Å². The zero-order valence-corrected chi connectivity index (χ0v) is 10.4. The zero-order chi connectivity index (χ0) is 11.5. The van der Waals surface area contributed by atoms with Crippen LogP contribution in [-0.2, 0) is 0 Å². The molecule has 1 aliphatic rings. The summed E-state index contributed by atoms with van der Waals surface area (Å²) >= 11 is 3.25. The summed E-state index contributed by atoms with van der Waals surface area (Å²) in [5, 5.41) is 9.03. The van der Waals surface area contributed by atoms with Gasteiger partial charge >= 0.3 is 5.97 Å². The van der Waals surface area contributed by atoms with Crippen molar-refractivity contribution >= 4 is 21.9 Å². The third kappa shape index (κ3) is 2.55. The summed E-state index contributed by atoms with van der Waals surface area (Å²) in [5.41, 5.74) is 0.216. The molecule has 0 saturated heterocycles. The molecule has 0 unspecified atom stereocenters. The Morgan fingerprint density at radius 3 is 2.81 bits per heavy atom. The molecule has 1 aromatic carbocycles. The number of hydrogen-bond donors (Lipinski definition) is 1. The lowest BCUT2D eigenvalue weighted by Crippen LogP contribution is -2.20. The summed E-state index contributed by atoms with van der Waals surface area (Å²) in [4.78, 5) is 11.0. The van der Waals surface area contributed by atoms with Crippen molar-refractivity contribution in [1.29, 1.82) is 0 Å². The van der Waals surface area contributed by atoms with E-state index >= 15 is 0 Å². The van der Waals surface area contributed by atoms with Gasteiger partial charge in [0.15, 0.2) is 0 Å². The lowest BCUT2D eigenvalue weighted by molar-refractivity contribution is 0.0689. The fourth-order valence-corrected chi connectivity index (χ4v) is 2.02. The fraction of sp³-hybridized carbons (Fsp3) is 0.417. The summed E-state index contributed by atoms with van der Waals surface area (Å²) in [6.07, 6.45) is 3.65. The van der Waals surface area contributed by atoms with Crippen LogP contribution in [0.25, 0.3) is 0 Å². The van der Waals surface area contributed by atoms with Crippen molar-refractivity contribution in [2.45, 2.75) is 19.3 Å². The largest absolute Gasteiger partial charge is 0.492 e. The highest BCUT2D eigenvalue weighted by molar-refractivity contribution is 9.10. The summed E-state index contributed by atoms with van der Waals surface area (Å²) in [5.74, 6) is 0.109. The highest BCUT2D eigenvalue weighted by Gasteiger charge is 2.19. The van der Waals surface area contributed by atoms with E-state index < -0.39 is 5.97 Å². The second-order valence-electron chi connectivity index (χ2n) is 4.05. The van der Waals surface area contributed by atoms with Crippen LogP contribution in [0, 0.1) is 5.92 Å². The topological polar surface area (TPSA) is 46.5 Å². The van der Waals surface area contributed by atoms with Gasteiger partial charge in [0.1, 0.15) is 11.3 Å². The number of benzene rings is 1. The predicted molar refractivity (Wildman–Crippen MR) is 63.9 cm³/mol. The zero-order valence-electron chi connectivity index (χ0n) is 8.78. The first-order chi connectivity index (χ1) is 7.66. The molecule has 0 radical (unpaired) electrons. The first-order valence-corrected chi connectivity index (χ1v) is 6.12. The molecule has 1 aliphatic carbocycles. The lowest BCUT2D eigenvalue weighted by Gasteiger charge is -2.25. The maximum atomic E-state index is 11.0. The van der Waals surface area contributed by atoms with Gasteiger partial charge < -0.3 is 9.84 Å². The molecular formula is C12H13BrO3. The van der Waals surface area contributed by atoms with Crippen molar-refractivity contribution in [3.63, 3.8) is 0 Å². The van der Waals surface area contributed by atoms with E-state index in [0.29, 0.717) is 18.3 Å². The van der Waals surface area contributed by atoms with E-state index in [-0.39, 0.29) is 5.56 Å². The van der Waals surface area contributed by atoms with Crippen LogP contribution < -0.4 is 4.74 Å². The molecule has 1 aromatic rings. The average molecular weight is 285 g/mol. The van der Waals surface area contributed by atoms with E-state index in [0.717, 1.165) is 4.47 Å². The maximum absolute atomic E-state index is 11.0. The molecule has 0 aliphatic heterocycles. The van der Waals surface area contributed by atoms with Gasteiger partial charge in [0.25, 0.3) is 0 Å². The molecule has 0 amide bonds. The number of carbonyl (C=O) groups is 1. The van der Waals surface area contributed by atoms with Crippen LogP contribution in [0.3, 0.4) is 0 Å². The van der Waals surface area contributed by atoms with Crippen molar-refractivity contribution < 1.29 is 14.6 Å². The van der Waals surface area contributed by atoms with E-state index in [1.165, 1.54) is 19.3 Å². The van der Waals surface area contributed by atoms with Crippen LogP contribution in [0.1, 0.15) is 29.6 Å². The Morgan fingerprint density at radius 2 is 2.25 bits per heavy atom. The second kappa shape index (κ2) is 4.87. The van der Waals surface area contributed by atoms with Gasteiger partial charge in [-0.2, -0.15) is 0 Å². The molecule has 2 rings (SSSR count). The van der Waals surface area contributed by atoms with Gasteiger partial charge in [-0.1, -0.05) is 22.4 Å². The third-order valence-electron chi connectivity index (χ3n) is 2.87. The molecule has 4 heteroatoms. The van der Waals surface area contributed by atoms with E-state index in [2.05, 4.69) is 15.9 Å². The number of ether oxygens (including phenoxy) is 1. The number of rotatable bonds is 4. The number of carboxylic acids is 1. The number of hydrogen-bond acceptors (Lipinski definition) is 2. The van der Waals surface area contributed by atoms with Crippen molar-refractivity contribution in [3.05, 3.63) is 28.2 Å². The molecule has 0 atom stereocenters. The van der Waals surface area contributed by atoms with Crippen LogP contribution in [0.15, 0.2) is 22.7 Å². The van der Waals surface area contributed by atoms with Gasteiger partial charge in [0, 0.05) is 4.47 Å². The highest BCUT2D eigenvalue weighted by atomic mass is 79.9. The summed E-state index contributed by atoms with van der Waals surface area (Å²) < 4.78 is 6.31. The molecule has 0 heterocycles.